The Morgan fingerprint density at radius 3 is 1.74 bits per heavy atom. The van der Waals surface area contributed by atoms with Gasteiger partial charge in [-0.3, -0.25) is 0 Å². The average molecular weight is 593 g/mol. The Hall–Kier alpha value is -1.70. The van der Waals surface area contributed by atoms with Gasteiger partial charge in [0.1, 0.15) is 0 Å². The van der Waals surface area contributed by atoms with Gasteiger partial charge in [0.05, 0.1) is 50.4 Å². The highest BCUT2D eigenvalue weighted by atomic mass is 16.7. The van der Waals surface area contributed by atoms with Crippen molar-refractivity contribution in [2.75, 3.05) is 26.4 Å². The third-order valence-electron chi connectivity index (χ3n) is 11.9. The molecule has 2 spiro atoms. The number of allylic oxidation sites excluding steroid dienone is 2. The number of nitrogens with zero attached hydrogens (tertiary/aromatic N) is 2. The van der Waals surface area contributed by atoms with E-state index in [9.17, 15) is 10.5 Å². The maximum absolute atomic E-state index is 9.77. The van der Waals surface area contributed by atoms with E-state index < -0.39 is 11.6 Å². The van der Waals surface area contributed by atoms with E-state index in [1.807, 2.05) is 0 Å². The topological polar surface area (TPSA) is 84.5 Å². The lowest BCUT2D eigenvalue weighted by Crippen LogP contribution is -2.55. The van der Waals surface area contributed by atoms with Crippen LogP contribution in [0.4, 0.5) is 0 Å². The van der Waals surface area contributed by atoms with Gasteiger partial charge in [0.25, 0.3) is 0 Å². The maximum Gasteiger partial charge on any atom is 0.173 e. The number of rotatable bonds is 4. The summed E-state index contributed by atoms with van der Waals surface area (Å²) in [5.74, 6) is -0.565. The van der Waals surface area contributed by atoms with Crippen LogP contribution in [0.5, 0.6) is 0 Å². The first-order valence-corrected chi connectivity index (χ1v) is 16.9. The van der Waals surface area contributed by atoms with Crippen molar-refractivity contribution < 1.29 is 18.9 Å². The highest BCUT2D eigenvalue weighted by Gasteiger charge is 2.64. The molecule has 0 aromatic heterocycles. The smallest absolute Gasteiger partial charge is 0.173 e. The third-order valence-corrected chi connectivity index (χ3v) is 11.9. The zero-order valence-electron chi connectivity index (χ0n) is 27.6. The molecule has 2 aliphatic heterocycles. The fourth-order valence-corrected chi connectivity index (χ4v) is 9.58. The van der Waals surface area contributed by atoms with Crippen molar-refractivity contribution in [3.05, 3.63) is 24.8 Å². The summed E-state index contributed by atoms with van der Waals surface area (Å²) in [6.07, 6.45) is 14.8. The molecule has 238 valence electrons. The fraction of sp³-hybridized carbons (Fsp3) is 0.838. The molecule has 0 bridgehead atoms. The summed E-state index contributed by atoms with van der Waals surface area (Å²) < 4.78 is 25.3. The van der Waals surface area contributed by atoms with Crippen LogP contribution in [-0.4, -0.2) is 38.0 Å². The van der Waals surface area contributed by atoms with Crippen LogP contribution in [0.3, 0.4) is 0 Å². The van der Waals surface area contributed by atoms with Crippen LogP contribution in [0.25, 0.3) is 0 Å². The second-order valence-electron chi connectivity index (χ2n) is 16.6. The fourth-order valence-electron chi connectivity index (χ4n) is 9.58. The number of nitriles is 2. The van der Waals surface area contributed by atoms with E-state index >= 15 is 0 Å². The molecule has 0 N–H and O–H groups in total. The van der Waals surface area contributed by atoms with Crippen LogP contribution in [-0.2, 0) is 18.9 Å². The number of ether oxygens (including phenoxy) is 4. The Morgan fingerprint density at radius 1 is 0.744 bits per heavy atom. The molecule has 6 nitrogen and oxygen atoms in total. The van der Waals surface area contributed by atoms with Crippen molar-refractivity contribution in [2.45, 2.75) is 123 Å². The second kappa shape index (κ2) is 11.9. The molecule has 4 saturated carbocycles. The van der Waals surface area contributed by atoms with E-state index in [1.54, 1.807) is 0 Å². The zero-order chi connectivity index (χ0) is 31.2. The summed E-state index contributed by atoms with van der Waals surface area (Å²) in [6, 6.07) is 5.12. The van der Waals surface area contributed by atoms with E-state index in [2.05, 4.69) is 66.0 Å². The van der Waals surface area contributed by atoms with Crippen molar-refractivity contribution in [1.82, 2.24) is 0 Å². The van der Waals surface area contributed by atoms with E-state index in [0.717, 1.165) is 97.1 Å². The van der Waals surface area contributed by atoms with Gasteiger partial charge in [0, 0.05) is 35.5 Å². The molecule has 6 fully saturated rings. The summed E-state index contributed by atoms with van der Waals surface area (Å²) in [5.41, 5.74) is 1.64. The number of fused-ring (bicyclic) bond motifs is 4. The second-order valence-corrected chi connectivity index (χ2v) is 16.6. The molecule has 2 saturated heterocycles. The Bertz CT molecular complexity index is 1130. The largest absolute Gasteiger partial charge is 0.349 e. The lowest BCUT2D eigenvalue weighted by molar-refractivity contribution is -0.327. The first-order chi connectivity index (χ1) is 20.3. The summed E-state index contributed by atoms with van der Waals surface area (Å²) in [4.78, 5) is 0. The van der Waals surface area contributed by atoms with Crippen molar-refractivity contribution >= 4 is 0 Å². The molecule has 6 atom stereocenters. The van der Waals surface area contributed by atoms with Gasteiger partial charge >= 0.3 is 0 Å². The maximum atomic E-state index is 9.77. The standard InChI is InChI=1S/C20H31NO2.C17H25NO2/c1-15(2)7-9-19-8-5-6-16(12-21)17(19)20(11-10-19)22-13-18(3,4)14-23-20;1-4-16-7-5-6-13(10-18)14(16)17(9-8-16)19-11-15(2,3)12-20-17/h16-17H,1,5-11,13-14H2,2-4H3;4,13-14H,1,5-9,11-12H2,2-3H3. The minimum atomic E-state index is -0.537. The minimum Gasteiger partial charge on any atom is -0.349 e. The third kappa shape index (κ3) is 6.00. The number of hydrogen-bond donors (Lipinski definition) is 0. The summed E-state index contributed by atoms with van der Waals surface area (Å²) in [6.45, 7) is 21.9. The van der Waals surface area contributed by atoms with E-state index in [0.29, 0.717) is 0 Å². The van der Waals surface area contributed by atoms with Gasteiger partial charge in [-0.25, -0.2) is 0 Å². The predicted octanol–water partition coefficient (Wildman–Crippen LogP) is 8.49. The van der Waals surface area contributed by atoms with Crippen LogP contribution < -0.4 is 0 Å². The van der Waals surface area contributed by atoms with Gasteiger partial charge in [0.2, 0.25) is 0 Å². The van der Waals surface area contributed by atoms with E-state index in [4.69, 9.17) is 18.9 Å². The Kier molecular flexibility index (Phi) is 9.05. The monoisotopic (exact) mass is 592 g/mol. The van der Waals surface area contributed by atoms with Crippen LogP contribution in [0.2, 0.25) is 0 Å². The van der Waals surface area contributed by atoms with Gasteiger partial charge in [-0.2, -0.15) is 10.5 Å². The SMILES string of the molecule is C=C(C)CCC12CCCC(C#N)C1C1(CC2)OCC(C)(C)CO1.C=CC12CCCC(C#N)C1C1(CC2)OCC(C)(C)CO1. The van der Waals surface area contributed by atoms with Crippen molar-refractivity contribution in [3.8, 4) is 12.1 Å². The lowest BCUT2D eigenvalue weighted by atomic mass is 9.60. The van der Waals surface area contributed by atoms with Gasteiger partial charge in [-0.05, 0) is 69.1 Å². The summed E-state index contributed by atoms with van der Waals surface area (Å²) >= 11 is 0. The molecular formula is C37H56N2O4. The normalized spacial score (nSPS) is 39.8. The number of hydrogen-bond acceptors (Lipinski definition) is 6. The molecule has 0 radical (unpaired) electrons. The van der Waals surface area contributed by atoms with Crippen LogP contribution >= 0.6 is 0 Å². The Balaban J connectivity index is 0.000000173. The molecule has 4 aliphatic carbocycles. The molecular weight excluding hydrogens is 536 g/mol. The highest BCUT2D eigenvalue weighted by Crippen LogP contribution is 2.64. The predicted molar refractivity (Wildman–Crippen MR) is 167 cm³/mol. The van der Waals surface area contributed by atoms with Gasteiger partial charge in [0.15, 0.2) is 11.6 Å². The van der Waals surface area contributed by atoms with Crippen LogP contribution in [0.15, 0.2) is 24.8 Å². The lowest BCUT2D eigenvalue weighted by Gasteiger charge is -2.51. The highest BCUT2D eigenvalue weighted by molar-refractivity contribution is 5.17. The first kappa shape index (κ1) is 32.7. The molecule has 43 heavy (non-hydrogen) atoms. The summed E-state index contributed by atoms with van der Waals surface area (Å²) in [5, 5.41) is 19.3. The first-order valence-electron chi connectivity index (χ1n) is 16.9. The molecule has 2 heterocycles. The Morgan fingerprint density at radius 2 is 1.23 bits per heavy atom. The molecule has 0 amide bonds. The van der Waals surface area contributed by atoms with Crippen LogP contribution in [0, 0.1) is 68.0 Å². The van der Waals surface area contributed by atoms with Crippen molar-refractivity contribution in [1.29, 1.82) is 10.5 Å². The molecule has 0 aromatic carbocycles. The molecule has 6 unspecified atom stereocenters. The van der Waals surface area contributed by atoms with Gasteiger partial charge in [-0.15, -0.1) is 13.2 Å². The minimum absolute atomic E-state index is 0.0328. The quantitative estimate of drug-likeness (QED) is 0.304. The molecule has 6 heteroatoms. The van der Waals surface area contributed by atoms with Gasteiger partial charge in [-0.1, -0.05) is 52.2 Å². The van der Waals surface area contributed by atoms with E-state index in [-0.39, 0.29) is 45.3 Å². The van der Waals surface area contributed by atoms with Gasteiger partial charge < -0.3 is 18.9 Å². The van der Waals surface area contributed by atoms with Crippen LogP contribution in [0.1, 0.15) is 112 Å². The van der Waals surface area contributed by atoms with E-state index in [1.165, 1.54) is 12.0 Å². The van der Waals surface area contributed by atoms with Crippen molar-refractivity contribution in [3.63, 3.8) is 0 Å². The molecule has 6 rings (SSSR count). The zero-order valence-corrected chi connectivity index (χ0v) is 27.6. The Labute approximate surface area is 261 Å². The van der Waals surface area contributed by atoms with Crippen molar-refractivity contribution in [2.24, 2.45) is 45.3 Å². The average Bonchev–Trinajstić information content (AvgIpc) is 3.50. The molecule has 6 aliphatic rings. The molecule has 0 aromatic rings. The summed E-state index contributed by atoms with van der Waals surface area (Å²) in [7, 11) is 0.